The van der Waals surface area contributed by atoms with Gasteiger partial charge in [0, 0.05) is 6.21 Å². The lowest BCUT2D eigenvalue weighted by atomic mass is 10.2. The van der Waals surface area contributed by atoms with Gasteiger partial charge in [-0.25, -0.2) is 0 Å². The lowest BCUT2D eigenvalue weighted by Gasteiger charge is -2.05. The van der Waals surface area contributed by atoms with Crippen molar-refractivity contribution in [2.45, 2.75) is 6.92 Å². The lowest BCUT2D eigenvalue weighted by Crippen LogP contribution is -1.94. The van der Waals surface area contributed by atoms with Crippen LogP contribution in [0.2, 0.25) is 0 Å². The molecular weight excluding hydrogens is 342 g/mol. The van der Waals surface area contributed by atoms with Crippen LogP contribution in [0.3, 0.4) is 0 Å². The van der Waals surface area contributed by atoms with E-state index in [1.807, 2.05) is 49.4 Å². The number of benzene rings is 2. The van der Waals surface area contributed by atoms with Gasteiger partial charge >= 0.3 is 0 Å². The third kappa shape index (κ3) is 4.64. The second kappa shape index (κ2) is 8.26. The van der Waals surface area contributed by atoms with Crippen LogP contribution in [0.1, 0.15) is 12.5 Å². The van der Waals surface area contributed by atoms with E-state index in [4.69, 9.17) is 15.9 Å². The van der Waals surface area contributed by atoms with E-state index in [9.17, 15) is 0 Å². The Morgan fingerprint density at radius 2 is 1.95 bits per heavy atom. The largest absolute Gasteiger partial charge is 0.494 e. The molecule has 0 aliphatic carbocycles. The van der Waals surface area contributed by atoms with E-state index in [0.29, 0.717) is 6.61 Å². The van der Waals surface area contributed by atoms with Crippen LogP contribution in [0.25, 0.3) is 0 Å². The second-order valence-corrected chi connectivity index (χ2v) is 5.22. The van der Waals surface area contributed by atoms with E-state index in [1.165, 1.54) is 0 Å². The average Bonchev–Trinajstić information content (AvgIpc) is 2.54. The minimum Gasteiger partial charge on any atom is -0.494 e. The molecule has 0 atom stereocenters. The quantitative estimate of drug-likeness (QED) is 0.558. The van der Waals surface area contributed by atoms with E-state index < -0.39 is 0 Å². The fraction of sp³-hybridized carbons (Fsp3) is 0.167. The van der Waals surface area contributed by atoms with Crippen LogP contribution in [-0.4, -0.2) is 19.4 Å². The molecule has 0 heterocycles. The van der Waals surface area contributed by atoms with Crippen molar-refractivity contribution in [2.75, 3.05) is 13.2 Å². The number of ether oxygens (including phenoxy) is 2. The van der Waals surface area contributed by atoms with Gasteiger partial charge in [-0.05, 0) is 70.9 Å². The molecule has 0 amide bonds. The van der Waals surface area contributed by atoms with Crippen LogP contribution in [0.4, 0.5) is 5.69 Å². The molecule has 0 fully saturated rings. The highest BCUT2D eigenvalue weighted by molar-refractivity contribution is 9.10. The molecule has 2 rings (SSSR count). The maximum absolute atomic E-state index is 5.40. The zero-order valence-corrected chi connectivity index (χ0v) is 13.8. The maximum Gasteiger partial charge on any atom is 0.148 e. The molecule has 0 saturated heterocycles. The van der Waals surface area contributed by atoms with Crippen LogP contribution >= 0.6 is 15.9 Å². The molecular formula is C18H16BrNO2. The number of hydrogen-bond donors (Lipinski definition) is 0. The van der Waals surface area contributed by atoms with Crippen molar-refractivity contribution in [2.24, 2.45) is 4.99 Å². The predicted molar refractivity (Wildman–Crippen MR) is 93.3 cm³/mol. The van der Waals surface area contributed by atoms with Gasteiger partial charge in [0.25, 0.3) is 0 Å². The number of aliphatic imine (C=N–C) groups is 1. The summed E-state index contributed by atoms with van der Waals surface area (Å²) in [5, 5.41) is 0. The van der Waals surface area contributed by atoms with Crippen LogP contribution in [0.5, 0.6) is 11.5 Å². The Morgan fingerprint density at radius 3 is 2.59 bits per heavy atom. The Labute approximate surface area is 139 Å². The monoisotopic (exact) mass is 357 g/mol. The summed E-state index contributed by atoms with van der Waals surface area (Å²) in [5.74, 6) is 4.00. The van der Waals surface area contributed by atoms with Gasteiger partial charge in [-0.1, -0.05) is 5.92 Å². The normalized spacial score (nSPS) is 10.4. The van der Waals surface area contributed by atoms with Crippen molar-refractivity contribution in [1.82, 2.24) is 0 Å². The van der Waals surface area contributed by atoms with Crippen LogP contribution in [-0.2, 0) is 0 Å². The molecule has 2 aromatic rings. The summed E-state index contributed by atoms with van der Waals surface area (Å²) >= 11 is 3.46. The van der Waals surface area contributed by atoms with Crippen molar-refractivity contribution in [3.05, 3.63) is 52.5 Å². The zero-order chi connectivity index (χ0) is 15.8. The van der Waals surface area contributed by atoms with Crippen molar-refractivity contribution in [3.63, 3.8) is 0 Å². The number of nitrogens with zero attached hydrogens (tertiary/aromatic N) is 1. The first-order chi connectivity index (χ1) is 10.7. The molecule has 0 unspecified atom stereocenters. The van der Waals surface area contributed by atoms with Gasteiger partial charge in [-0.2, -0.15) is 0 Å². The third-order valence-corrected chi connectivity index (χ3v) is 3.40. The van der Waals surface area contributed by atoms with Gasteiger partial charge in [0.2, 0.25) is 0 Å². The summed E-state index contributed by atoms with van der Waals surface area (Å²) in [6.45, 7) is 2.86. The van der Waals surface area contributed by atoms with Crippen molar-refractivity contribution in [1.29, 1.82) is 0 Å². The standard InChI is InChI=1S/C18H16BrNO2/c1-3-11-22-18-10-5-14(12-17(18)19)13-20-15-6-8-16(9-7-15)21-4-2/h1,5-10,12-13H,4,11H2,2H3. The Morgan fingerprint density at radius 1 is 1.18 bits per heavy atom. The summed E-state index contributed by atoms with van der Waals surface area (Å²) in [4.78, 5) is 4.44. The van der Waals surface area contributed by atoms with E-state index in [-0.39, 0.29) is 6.61 Å². The Balaban J connectivity index is 2.06. The average molecular weight is 358 g/mol. The zero-order valence-electron chi connectivity index (χ0n) is 12.3. The van der Waals surface area contributed by atoms with E-state index in [1.54, 1.807) is 6.21 Å². The molecule has 0 radical (unpaired) electrons. The van der Waals surface area contributed by atoms with E-state index in [2.05, 4.69) is 26.8 Å². The Hall–Kier alpha value is -2.25. The number of terminal acetylenes is 1. The summed E-state index contributed by atoms with van der Waals surface area (Å²) in [7, 11) is 0. The molecule has 2 aromatic carbocycles. The SMILES string of the molecule is C#CCOc1ccc(C=Nc2ccc(OCC)cc2)cc1Br. The first kappa shape index (κ1) is 16.1. The fourth-order valence-electron chi connectivity index (χ4n) is 1.78. The Kier molecular flexibility index (Phi) is 6.05. The Bertz CT molecular complexity index is 687. The van der Waals surface area contributed by atoms with E-state index >= 15 is 0 Å². The molecule has 22 heavy (non-hydrogen) atoms. The molecule has 4 heteroatoms. The second-order valence-electron chi connectivity index (χ2n) is 4.37. The lowest BCUT2D eigenvalue weighted by molar-refractivity contribution is 0.340. The molecule has 0 aliphatic rings. The molecule has 0 N–H and O–H groups in total. The van der Waals surface area contributed by atoms with Gasteiger partial charge < -0.3 is 9.47 Å². The minimum absolute atomic E-state index is 0.248. The predicted octanol–water partition coefficient (Wildman–Crippen LogP) is 4.61. The third-order valence-electron chi connectivity index (χ3n) is 2.78. The smallest absolute Gasteiger partial charge is 0.148 e. The first-order valence-electron chi connectivity index (χ1n) is 6.85. The van der Waals surface area contributed by atoms with Gasteiger partial charge in [-0.15, -0.1) is 6.42 Å². The topological polar surface area (TPSA) is 30.8 Å². The number of rotatable bonds is 6. The van der Waals surface area contributed by atoms with Crippen molar-refractivity contribution < 1.29 is 9.47 Å². The highest BCUT2D eigenvalue weighted by atomic mass is 79.9. The minimum atomic E-state index is 0.248. The van der Waals surface area contributed by atoms with E-state index in [0.717, 1.165) is 27.2 Å². The van der Waals surface area contributed by atoms with Crippen LogP contribution < -0.4 is 9.47 Å². The summed E-state index contributed by atoms with van der Waals surface area (Å²) in [6.07, 6.45) is 6.97. The summed E-state index contributed by atoms with van der Waals surface area (Å²) in [6, 6.07) is 13.4. The van der Waals surface area contributed by atoms with Gasteiger partial charge in [0.1, 0.15) is 18.1 Å². The van der Waals surface area contributed by atoms with Gasteiger partial charge in [-0.3, -0.25) is 4.99 Å². The molecule has 3 nitrogen and oxygen atoms in total. The van der Waals surface area contributed by atoms with Crippen molar-refractivity contribution >= 4 is 27.8 Å². The molecule has 112 valence electrons. The molecule has 0 aliphatic heterocycles. The molecule has 0 aromatic heterocycles. The fourth-order valence-corrected chi connectivity index (χ4v) is 2.29. The molecule has 0 spiro atoms. The maximum atomic E-state index is 5.40. The summed E-state index contributed by atoms with van der Waals surface area (Å²) < 4.78 is 11.6. The summed E-state index contributed by atoms with van der Waals surface area (Å²) in [5.41, 5.74) is 1.83. The highest BCUT2D eigenvalue weighted by Crippen LogP contribution is 2.26. The van der Waals surface area contributed by atoms with Gasteiger partial charge in [0.15, 0.2) is 0 Å². The highest BCUT2D eigenvalue weighted by Gasteiger charge is 2.01. The molecule has 0 bridgehead atoms. The van der Waals surface area contributed by atoms with Gasteiger partial charge in [0.05, 0.1) is 16.8 Å². The first-order valence-corrected chi connectivity index (χ1v) is 7.65. The number of halogens is 1. The van der Waals surface area contributed by atoms with Crippen molar-refractivity contribution in [3.8, 4) is 23.8 Å². The number of hydrogen-bond acceptors (Lipinski definition) is 3. The van der Waals surface area contributed by atoms with Crippen LogP contribution in [0, 0.1) is 12.3 Å². The molecule has 0 saturated carbocycles. The van der Waals surface area contributed by atoms with Crippen LogP contribution in [0.15, 0.2) is 51.9 Å².